The van der Waals surface area contributed by atoms with Crippen LogP contribution >= 0.6 is 22.6 Å². The van der Waals surface area contributed by atoms with E-state index in [2.05, 4.69) is 27.9 Å². The molecular formula is C18H18INO4. The highest BCUT2D eigenvalue weighted by Crippen LogP contribution is 2.09. The molecule has 2 aromatic rings. The first-order valence-electron chi connectivity index (χ1n) is 7.43. The van der Waals surface area contributed by atoms with E-state index in [1.807, 2.05) is 54.6 Å². The zero-order valence-corrected chi connectivity index (χ0v) is 15.1. The van der Waals surface area contributed by atoms with Crippen LogP contribution in [0.1, 0.15) is 11.1 Å². The number of halogens is 1. The minimum absolute atomic E-state index is 0.175. The van der Waals surface area contributed by atoms with Crippen LogP contribution in [0.4, 0.5) is 0 Å². The van der Waals surface area contributed by atoms with Gasteiger partial charge in [0, 0.05) is 9.99 Å². The molecule has 126 valence electrons. The van der Waals surface area contributed by atoms with Crippen molar-refractivity contribution in [3.8, 4) is 0 Å². The highest BCUT2D eigenvalue weighted by atomic mass is 127. The number of carboxylic acid groups (broad SMARTS) is 1. The van der Waals surface area contributed by atoms with Gasteiger partial charge in [0.15, 0.2) is 0 Å². The van der Waals surface area contributed by atoms with E-state index in [0.717, 1.165) is 14.7 Å². The van der Waals surface area contributed by atoms with Gasteiger partial charge in [-0.15, -0.1) is 0 Å². The monoisotopic (exact) mass is 439 g/mol. The van der Waals surface area contributed by atoms with Crippen LogP contribution in [0.3, 0.4) is 0 Å². The Hall–Kier alpha value is -1.93. The normalized spacial score (nSPS) is 11.7. The van der Waals surface area contributed by atoms with Gasteiger partial charge in [-0.05, 0) is 45.9 Å². The molecule has 0 aliphatic heterocycles. The summed E-state index contributed by atoms with van der Waals surface area (Å²) in [5.41, 5.74) is 1.81. The first kappa shape index (κ1) is 18.4. The van der Waals surface area contributed by atoms with E-state index in [4.69, 9.17) is 4.74 Å². The zero-order valence-electron chi connectivity index (χ0n) is 12.9. The molecule has 24 heavy (non-hydrogen) atoms. The number of carbonyl (C=O) groups excluding carboxylic acids is 1. The Morgan fingerprint density at radius 2 is 1.71 bits per heavy atom. The number of carbonyl (C=O) groups is 2. The Labute approximate surface area is 154 Å². The lowest BCUT2D eigenvalue weighted by Gasteiger charge is -2.15. The summed E-state index contributed by atoms with van der Waals surface area (Å²) in [4.78, 5) is 23.2. The number of amides is 1. The lowest BCUT2D eigenvalue weighted by molar-refractivity contribution is -0.142. The molecule has 0 unspecified atom stereocenters. The molecule has 2 N–H and O–H groups in total. The number of benzene rings is 2. The van der Waals surface area contributed by atoms with Crippen molar-refractivity contribution < 1.29 is 19.4 Å². The summed E-state index contributed by atoms with van der Waals surface area (Å²) in [6.07, 6.45) is 0.233. The molecule has 0 fully saturated rings. The maximum absolute atomic E-state index is 11.9. The molecule has 0 saturated heterocycles. The molecule has 0 bridgehead atoms. The second kappa shape index (κ2) is 9.39. The van der Waals surface area contributed by atoms with Gasteiger partial charge in [-0.25, -0.2) is 4.79 Å². The Morgan fingerprint density at radius 1 is 1.04 bits per heavy atom. The van der Waals surface area contributed by atoms with Gasteiger partial charge in [0.1, 0.15) is 12.6 Å². The van der Waals surface area contributed by atoms with Gasteiger partial charge in [-0.1, -0.05) is 42.5 Å². The summed E-state index contributed by atoms with van der Waals surface area (Å²) >= 11 is 2.18. The molecular weight excluding hydrogens is 421 g/mol. The van der Waals surface area contributed by atoms with Crippen molar-refractivity contribution in [2.24, 2.45) is 0 Å². The molecule has 2 aromatic carbocycles. The van der Waals surface area contributed by atoms with E-state index >= 15 is 0 Å². The molecule has 1 atom stereocenters. The van der Waals surface area contributed by atoms with Gasteiger partial charge in [0.25, 0.3) is 0 Å². The highest BCUT2D eigenvalue weighted by molar-refractivity contribution is 14.1. The molecule has 0 aliphatic rings. The summed E-state index contributed by atoms with van der Waals surface area (Å²) in [5, 5.41) is 11.8. The Balaban J connectivity index is 1.82. The standard InChI is InChI=1S/C18H18INO4/c19-15-8-6-13(7-9-15)10-16(18(22)23)20-17(21)12-24-11-14-4-2-1-3-5-14/h1-9,16H,10-12H2,(H,20,21)(H,22,23)/t16-/m0/s1. The van der Waals surface area contributed by atoms with Crippen molar-refractivity contribution in [1.29, 1.82) is 0 Å². The molecule has 5 nitrogen and oxygen atoms in total. The number of rotatable bonds is 8. The van der Waals surface area contributed by atoms with Crippen LogP contribution < -0.4 is 5.32 Å². The zero-order chi connectivity index (χ0) is 17.4. The van der Waals surface area contributed by atoms with E-state index in [-0.39, 0.29) is 13.0 Å². The lowest BCUT2D eigenvalue weighted by atomic mass is 10.1. The Bertz CT molecular complexity index is 673. The average Bonchev–Trinajstić information content (AvgIpc) is 2.57. The molecule has 6 heteroatoms. The average molecular weight is 439 g/mol. The molecule has 0 spiro atoms. The summed E-state index contributed by atoms with van der Waals surface area (Å²) < 4.78 is 6.39. The van der Waals surface area contributed by atoms with Crippen LogP contribution in [0.15, 0.2) is 54.6 Å². The van der Waals surface area contributed by atoms with Crippen molar-refractivity contribution >= 4 is 34.5 Å². The van der Waals surface area contributed by atoms with Crippen LogP contribution in [-0.4, -0.2) is 29.6 Å². The van der Waals surface area contributed by atoms with Crippen LogP contribution in [0.2, 0.25) is 0 Å². The molecule has 0 aliphatic carbocycles. The predicted molar refractivity (Wildman–Crippen MR) is 98.5 cm³/mol. The van der Waals surface area contributed by atoms with Crippen LogP contribution in [0.25, 0.3) is 0 Å². The minimum Gasteiger partial charge on any atom is -0.480 e. The molecule has 1 amide bonds. The fourth-order valence-corrected chi connectivity index (χ4v) is 2.49. The second-order valence-electron chi connectivity index (χ2n) is 5.27. The molecule has 0 saturated carbocycles. The van der Waals surface area contributed by atoms with E-state index in [1.54, 1.807) is 0 Å². The third-order valence-corrected chi connectivity index (χ3v) is 4.05. The van der Waals surface area contributed by atoms with Crippen LogP contribution in [0, 0.1) is 3.57 Å². The predicted octanol–water partition coefficient (Wildman–Crippen LogP) is 2.62. The second-order valence-corrected chi connectivity index (χ2v) is 6.51. The van der Waals surface area contributed by atoms with Gasteiger partial charge in [0.05, 0.1) is 6.61 Å². The van der Waals surface area contributed by atoms with Crippen molar-refractivity contribution in [3.05, 3.63) is 69.3 Å². The topological polar surface area (TPSA) is 75.6 Å². The summed E-state index contributed by atoms with van der Waals surface area (Å²) in [5.74, 6) is -1.51. The van der Waals surface area contributed by atoms with Gasteiger partial charge in [0.2, 0.25) is 5.91 Å². The lowest BCUT2D eigenvalue weighted by Crippen LogP contribution is -2.43. The SMILES string of the molecule is O=C(COCc1ccccc1)N[C@@H](Cc1ccc(I)cc1)C(=O)O. The minimum atomic E-state index is -1.06. The fourth-order valence-electron chi connectivity index (χ4n) is 2.13. The van der Waals surface area contributed by atoms with Crippen molar-refractivity contribution in [2.45, 2.75) is 19.1 Å². The van der Waals surface area contributed by atoms with E-state index in [0.29, 0.717) is 6.61 Å². The number of nitrogens with one attached hydrogen (secondary N) is 1. The number of ether oxygens (including phenoxy) is 1. The van der Waals surface area contributed by atoms with Crippen molar-refractivity contribution in [3.63, 3.8) is 0 Å². The molecule has 2 rings (SSSR count). The van der Waals surface area contributed by atoms with E-state index in [1.165, 1.54) is 0 Å². The van der Waals surface area contributed by atoms with Crippen molar-refractivity contribution in [1.82, 2.24) is 5.32 Å². The molecule has 0 radical (unpaired) electrons. The summed E-state index contributed by atoms with van der Waals surface area (Å²) in [6.45, 7) is 0.133. The quantitative estimate of drug-likeness (QED) is 0.621. The van der Waals surface area contributed by atoms with Gasteiger partial charge >= 0.3 is 5.97 Å². The molecule has 0 heterocycles. The number of hydrogen-bond acceptors (Lipinski definition) is 3. The maximum atomic E-state index is 11.9. The van der Waals surface area contributed by atoms with Crippen molar-refractivity contribution in [2.75, 3.05) is 6.61 Å². The first-order chi connectivity index (χ1) is 11.5. The maximum Gasteiger partial charge on any atom is 0.326 e. The van der Waals surface area contributed by atoms with E-state index < -0.39 is 17.9 Å². The Kier molecular flexibility index (Phi) is 7.20. The number of hydrogen-bond donors (Lipinski definition) is 2. The summed E-state index contributed by atoms with van der Waals surface area (Å²) in [6, 6.07) is 16.0. The van der Waals surface area contributed by atoms with Gasteiger partial charge < -0.3 is 15.2 Å². The number of aliphatic carboxylic acids is 1. The smallest absolute Gasteiger partial charge is 0.326 e. The van der Waals surface area contributed by atoms with Crippen LogP contribution in [0.5, 0.6) is 0 Å². The Morgan fingerprint density at radius 3 is 2.33 bits per heavy atom. The largest absolute Gasteiger partial charge is 0.480 e. The first-order valence-corrected chi connectivity index (χ1v) is 8.51. The summed E-state index contributed by atoms with van der Waals surface area (Å²) in [7, 11) is 0. The van der Waals surface area contributed by atoms with Crippen LogP contribution in [-0.2, 0) is 27.4 Å². The molecule has 0 aromatic heterocycles. The fraction of sp³-hybridized carbons (Fsp3) is 0.222. The number of carboxylic acids is 1. The highest BCUT2D eigenvalue weighted by Gasteiger charge is 2.20. The third-order valence-electron chi connectivity index (χ3n) is 3.33. The van der Waals surface area contributed by atoms with Gasteiger partial charge in [-0.3, -0.25) is 4.79 Å². The van der Waals surface area contributed by atoms with E-state index in [9.17, 15) is 14.7 Å². The third kappa shape index (κ3) is 6.29. The van der Waals surface area contributed by atoms with Gasteiger partial charge in [-0.2, -0.15) is 0 Å².